The first-order valence-corrected chi connectivity index (χ1v) is 13.7. The number of fused-ring (bicyclic) bond motifs is 2. The Kier molecular flexibility index (Phi) is 8.01. The Bertz CT molecular complexity index is 1580. The highest BCUT2D eigenvalue weighted by Crippen LogP contribution is 2.37. The summed E-state index contributed by atoms with van der Waals surface area (Å²) in [5.74, 6) is -0.803. The summed E-state index contributed by atoms with van der Waals surface area (Å²) < 4.78 is 5.69. The van der Waals surface area contributed by atoms with Crippen LogP contribution in [0, 0.1) is 0 Å². The Labute approximate surface area is 238 Å². The van der Waals surface area contributed by atoms with Crippen LogP contribution in [0.4, 0.5) is 5.69 Å². The largest absolute Gasteiger partial charge is 0.452 e. The van der Waals surface area contributed by atoms with Gasteiger partial charge >= 0.3 is 5.97 Å². The first-order valence-electron chi connectivity index (χ1n) is 13.0. The van der Waals surface area contributed by atoms with E-state index in [9.17, 15) is 9.59 Å². The Morgan fingerprint density at radius 2 is 1.72 bits per heavy atom. The van der Waals surface area contributed by atoms with Gasteiger partial charge in [0.1, 0.15) is 0 Å². The van der Waals surface area contributed by atoms with Crippen molar-refractivity contribution in [2.45, 2.75) is 39.2 Å². The summed E-state index contributed by atoms with van der Waals surface area (Å²) in [7, 11) is 0. The van der Waals surface area contributed by atoms with Gasteiger partial charge in [0.25, 0.3) is 5.91 Å². The molecule has 0 radical (unpaired) electrons. The van der Waals surface area contributed by atoms with Crippen molar-refractivity contribution in [1.82, 2.24) is 4.98 Å². The minimum Gasteiger partial charge on any atom is -0.452 e. The highest BCUT2D eigenvalue weighted by Gasteiger charge is 2.27. The number of pyridine rings is 1. The maximum absolute atomic E-state index is 13.6. The lowest BCUT2D eigenvalue weighted by Gasteiger charge is -2.27. The molecule has 0 unspecified atom stereocenters. The Morgan fingerprint density at radius 1 is 0.974 bits per heavy atom. The van der Waals surface area contributed by atoms with Gasteiger partial charge in [-0.3, -0.25) is 4.79 Å². The number of esters is 1. The quantitative estimate of drug-likeness (QED) is 0.225. The molecule has 1 heterocycles. The van der Waals surface area contributed by atoms with Gasteiger partial charge in [-0.25, -0.2) is 9.78 Å². The minimum absolute atomic E-state index is 0.0952. The second kappa shape index (κ2) is 11.6. The first-order chi connectivity index (χ1) is 18.8. The van der Waals surface area contributed by atoms with Crippen LogP contribution in [0.5, 0.6) is 0 Å². The van der Waals surface area contributed by atoms with Gasteiger partial charge < -0.3 is 9.64 Å². The number of anilines is 1. The molecule has 0 atom stereocenters. The lowest BCUT2D eigenvalue weighted by Crippen LogP contribution is -2.40. The zero-order valence-electron chi connectivity index (χ0n) is 21.8. The molecular weight excluding hydrogens is 531 g/mol. The SMILES string of the molecule is CC(C)N(C(=O)COC(=O)c1c2c(nc3ccccc13)/C(=C/c1ccc(Cl)c(Cl)c1)CCC2)c1ccccc1. The number of para-hydroxylation sites is 2. The molecule has 7 heteroatoms. The first kappa shape index (κ1) is 26.9. The zero-order valence-corrected chi connectivity index (χ0v) is 23.3. The van der Waals surface area contributed by atoms with Crippen molar-refractivity contribution in [3.8, 4) is 0 Å². The summed E-state index contributed by atoms with van der Waals surface area (Å²) in [4.78, 5) is 33.4. The second-order valence-corrected chi connectivity index (χ2v) is 10.6. The Morgan fingerprint density at radius 3 is 2.46 bits per heavy atom. The van der Waals surface area contributed by atoms with E-state index < -0.39 is 5.97 Å². The zero-order chi connectivity index (χ0) is 27.5. The number of ether oxygens (including phenoxy) is 1. The highest BCUT2D eigenvalue weighted by molar-refractivity contribution is 6.42. The number of rotatable bonds is 6. The van der Waals surface area contributed by atoms with Gasteiger partial charge in [0.15, 0.2) is 6.61 Å². The van der Waals surface area contributed by atoms with Crippen molar-refractivity contribution >= 4 is 63.3 Å². The standard InChI is InChI=1S/C32H28Cl2N2O3/c1-20(2)36(23-10-4-3-5-11-23)29(37)19-39-32(38)30-24-12-6-7-14-28(24)35-31-22(9-8-13-25(30)31)17-21-15-16-26(33)27(34)18-21/h3-7,10-12,14-18,20H,8-9,13,19H2,1-2H3/b22-17+. The molecule has 0 N–H and O–H groups in total. The molecule has 5 rings (SSSR count). The fraction of sp³-hybridized carbons (Fsp3) is 0.219. The molecule has 1 aliphatic carbocycles. The fourth-order valence-corrected chi connectivity index (χ4v) is 5.41. The van der Waals surface area contributed by atoms with Gasteiger partial charge in [0.2, 0.25) is 0 Å². The third kappa shape index (κ3) is 5.70. The number of carbonyl (C=O) groups is 2. The van der Waals surface area contributed by atoms with Gasteiger partial charge in [0, 0.05) is 17.1 Å². The van der Waals surface area contributed by atoms with E-state index in [1.165, 1.54) is 0 Å². The number of nitrogens with zero attached hydrogens (tertiary/aromatic N) is 2. The molecule has 198 valence electrons. The van der Waals surface area contributed by atoms with Crippen molar-refractivity contribution in [3.05, 3.63) is 105 Å². The smallest absolute Gasteiger partial charge is 0.339 e. The number of allylic oxidation sites excluding steroid dienone is 1. The van der Waals surface area contributed by atoms with Gasteiger partial charge in [-0.05, 0) is 86.2 Å². The third-order valence-electron chi connectivity index (χ3n) is 6.81. The van der Waals surface area contributed by atoms with Crippen molar-refractivity contribution in [3.63, 3.8) is 0 Å². The van der Waals surface area contributed by atoms with E-state index in [0.29, 0.717) is 32.9 Å². The summed E-state index contributed by atoms with van der Waals surface area (Å²) in [5, 5.41) is 1.69. The highest BCUT2D eigenvalue weighted by atomic mass is 35.5. The molecular formula is C32H28Cl2N2O3. The van der Waals surface area contributed by atoms with E-state index in [4.69, 9.17) is 32.9 Å². The summed E-state index contributed by atoms with van der Waals surface area (Å²) in [5.41, 5.74) is 5.47. The van der Waals surface area contributed by atoms with E-state index in [2.05, 4.69) is 0 Å². The van der Waals surface area contributed by atoms with Gasteiger partial charge in [0.05, 0.1) is 26.8 Å². The van der Waals surface area contributed by atoms with Crippen LogP contribution in [0.15, 0.2) is 72.8 Å². The summed E-state index contributed by atoms with van der Waals surface area (Å²) >= 11 is 12.4. The molecule has 1 aliphatic rings. The molecule has 0 aliphatic heterocycles. The molecule has 0 saturated carbocycles. The van der Waals surface area contributed by atoms with E-state index in [1.807, 2.05) is 86.7 Å². The number of halogens is 2. The fourth-order valence-electron chi connectivity index (χ4n) is 5.10. The van der Waals surface area contributed by atoms with Crippen LogP contribution >= 0.6 is 23.2 Å². The molecule has 0 spiro atoms. The molecule has 4 aromatic rings. The average Bonchev–Trinajstić information content (AvgIpc) is 2.93. The molecule has 0 saturated heterocycles. The van der Waals surface area contributed by atoms with Crippen molar-refractivity contribution in [1.29, 1.82) is 0 Å². The van der Waals surface area contributed by atoms with Gasteiger partial charge in [-0.2, -0.15) is 0 Å². The van der Waals surface area contributed by atoms with E-state index in [1.54, 1.807) is 11.0 Å². The minimum atomic E-state index is -0.522. The molecule has 5 nitrogen and oxygen atoms in total. The van der Waals surface area contributed by atoms with Crippen molar-refractivity contribution in [2.24, 2.45) is 0 Å². The number of amides is 1. The van der Waals surface area contributed by atoms with E-state index >= 15 is 0 Å². The lowest BCUT2D eigenvalue weighted by atomic mass is 9.86. The van der Waals surface area contributed by atoms with Gasteiger partial charge in [-0.1, -0.05) is 65.7 Å². The number of aromatic nitrogens is 1. The number of benzene rings is 3. The van der Waals surface area contributed by atoms with Gasteiger partial charge in [-0.15, -0.1) is 0 Å². The van der Waals surface area contributed by atoms with Crippen LogP contribution in [0.2, 0.25) is 10.0 Å². The Hall–Kier alpha value is -3.67. The predicted molar refractivity (Wildman–Crippen MR) is 158 cm³/mol. The monoisotopic (exact) mass is 558 g/mol. The molecule has 39 heavy (non-hydrogen) atoms. The number of hydrogen-bond acceptors (Lipinski definition) is 4. The lowest BCUT2D eigenvalue weighted by molar-refractivity contribution is -0.122. The predicted octanol–water partition coefficient (Wildman–Crippen LogP) is 8.02. The summed E-state index contributed by atoms with van der Waals surface area (Å²) in [6, 6.07) is 22.3. The molecule has 1 aromatic heterocycles. The molecule has 3 aromatic carbocycles. The van der Waals surface area contributed by atoms with Crippen LogP contribution < -0.4 is 4.90 Å². The second-order valence-electron chi connectivity index (χ2n) is 9.80. The van der Waals surface area contributed by atoms with Crippen molar-refractivity contribution in [2.75, 3.05) is 11.5 Å². The molecule has 0 bridgehead atoms. The Balaban J connectivity index is 1.50. The topological polar surface area (TPSA) is 59.5 Å². The average molecular weight is 559 g/mol. The van der Waals surface area contributed by atoms with Crippen LogP contribution in [0.3, 0.4) is 0 Å². The maximum Gasteiger partial charge on any atom is 0.339 e. The normalized spacial score (nSPS) is 13.9. The molecule has 1 amide bonds. The molecule has 0 fully saturated rings. The van der Waals surface area contributed by atoms with Crippen molar-refractivity contribution < 1.29 is 14.3 Å². The third-order valence-corrected chi connectivity index (χ3v) is 7.54. The van der Waals surface area contributed by atoms with Crippen LogP contribution in [0.1, 0.15) is 53.9 Å². The summed E-state index contributed by atoms with van der Waals surface area (Å²) in [6.07, 6.45) is 4.40. The summed E-state index contributed by atoms with van der Waals surface area (Å²) in [6.45, 7) is 3.51. The number of hydrogen-bond donors (Lipinski definition) is 0. The van der Waals surface area contributed by atoms with Crippen LogP contribution in [-0.2, 0) is 16.0 Å². The number of carbonyl (C=O) groups excluding carboxylic acids is 2. The van der Waals surface area contributed by atoms with Crippen LogP contribution in [0.25, 0.3) is 22.6 Å². The van der Waals surface area contributed by atoms with Crippen LogP contribution in [-0.4, -0.2) is 29.5 Å². The van der Waals surface area contributed by atoms with E-state index in [-0.39, 0.29) is 18.6 Å². The van der Waals surface area contributed by atoms with E-state index in [0.717, 1.165) is 40.9 Å². The maximum atomic E-state index is 13.6.